The first-order valence-corrected chi connectivity index (χ1v) is 4.01. The van der Waals surface area contributed by atoms with E-state index in [1.807, 2.05) is 6.07 Å². The third kappa shape index (κ3) is 2.82. The van der Waals surface area contributed by atoms with Gasteiger partial charge < -0.3 is 5.73 Å². The maximum Gasteiger partial charge on any atom is 0.115 e. The second-order valence-electron chi connectivity index (χ2n) is 2.51. The zero-order valence-corrected chi connectivity index (χ0v) is 7.27. The molecule has 68 valence electrons. The molecule has 0 bridgehead atoms. The zero-order valence-electron chi connectivity index (χ0n) is 7.27. The van der Waals surface area contributed by atoms with Crippen molar-refractivity contribution in [2.75, 3.05) is 13.1 Å². The number of terminal acetylenes is 1. The van der Waals surface area contributed by atoms with Crippen molar-refractivity contribution in [3.8, 4) is 12.3 Å². The minimum Gasteiger partial charge on any atom is -0.329 e. The van der Waals surface area contributed by atoms with Crippen LogP contribution in [0.5, 0.6) is 0 Å². The van der Waals surface area contributed by atoms with Gasteiger partial charge in [-0.15, -0.1) is 6.42 Å². The number of nitrogens with zero attached hydrogens (tertiary/aromatic N) is 2. The summed E-state index contributed by atoms with van der Waals surface area (Å²) in [5.74, 6) is 2.49. The summed E-state index contributed by atoms with van der Waals surface area (Å²) in [4.78, 5) is 7.90. The van der Waals surface area contributed by atoms with E-state index in [0.717, 1.165) is 5.69 Å². The van der Waals surface area contributed by atoms with Crippen LogP contribution in [0.2, 0.25) is 0 Å². The fourth-order valence-corrected chi connectivity index (χ4v) is 0.998. The van der Waals surface area contributed by atoms with E-state index < -0.39 is 0 Å². The first-order valence-electron chi connectivity index (χ1n) is 4.01. The average Bonchev–Trinajstić information content (AvgIpc) is 2.21. The van der Waals surface area contributed by atoms with Crippen LogP contribution in [0.3, 0.4) is 0 Å². The molecule has 1 unspecified atom stereocenters. The first kappa shape index (κ1) is 9.65. The summed E-state index contributed by atoms with van der Waals surface area (Å²) < 4.78 is 0. The maximum absolute atomic E-state index is 5.55. The van der Waals surface area contributed by atoms with Crippen molar-refractivity contribution < 1.29 is 0 Å². The van der Waals surface area contributed by atoms with Gasteiger partial charge in [-0.1, -0.05) is 5.92 Å². The summed E-state index contributed by atoms with van der Waals surface area (Å²) in [6.45, 7) is 0.963. The number of hydrogen-bond acceptors (Lipinski definition) is 4. The maximum atomic E-state index is 5.55. The zero-order chi connectivity index (χ0) is 9.52. The number of nitrogens with one attached hydrogen (secondary N) is 1. The highest BCUT2D eigenvalue weighted by Crippen LogP contribution is 2.05. The van der Waals surface area contributed by atoms with Crippen LogP contribution in [-0.4, -0.2) is 23.1 Å². The summed E-state index contributed by atoms with van der Waals surface area (Å²) in [5.41, 5.74) is 6.42. The monoisotopic (exact) mass is 176 g/mol. The van der Waals surface area contributed by atoms with Gasteiger partial charge in [-0.2, -0.15) is 0 Å². The third-order valence-electron chi connectivity index (χ3n) is 1.65. The van der Waals surface area contributed by atoms with E-state index in [4.69, 9.17) is 12.2 Å². The van der Waals surface area contributed by atoms with Crippen LogP contribution >= 0.6 is 0 Å². The lowest BCUT2D eigenvalue weighted by atomic mass is 10.2. The molecule has 0 aliphatic rings. The second kappa shape index (κ2) is 5.25. The summed E-state index contributed by atoms with van der Waals surface area (Å²) in [7, 11) is 0. The summed E-state index contributed by atoms with van der Waals surface area (Å²) in [6.07, 6.45) is 8.30. The Morgan fingerprint density at radius 3 is 3.08 bits per heavy atom. The third-order valence-corrected chi connectivity index (χ3v) is 1.65. The molecular weight excluding hydrogens is 164 g/mol. The largest absolute Gasteiger partial charge is 0.329 e. The van der Waals surface area contributed by atoms with E-state index >= 15 is 0 Å². The Balaban J connectivity index is 2.63. The average molecular weight is 176 g/mol. The molecule has 0 amide bonds. The number of hydrogen-bond donors (Lipinski definition) is 2. The molecule has 1 aromatic rings. The van der Waals surface area contributed by atoms with Gasteiger partial charge in [-0.05, 0) is 6.07 Å². The van der Waals surface area contributed by atoms with Crippen molar-refractivity contribution in [2.24, 2.45) is 5.73 Å². The molecule has 0 fully saturated rings. The van der Waals surface area contributed by atoms with Crippen LogP contribution in [0, 0.1) is 12.3 Å². The highest BCUT2D eigenvalue weighted by atomic mass is 15.0. The molecule has 1 heterocycles. The molecule has 4 nitrogen and oxygen atoms in total. The molecule has 0 aliphatic heterocycles. The molecule has 4 heteroatoms. The smallest absolute Gasteiger partial charge is 0.115 e. The van der Waals surface area contributed by atoms with Gasteiger partial charge in [0.05, 0.1) is 18.3 Å². The molecule has 0 aliphatic carbocycles. The van der Waals surface area contributed by atoms with E-state index in [1.54, 1.807) is 6.20 Å². The van der Waals surface area contributed by atoms with Crippen LogP contribution < -0.4 is 11.1 Å². The minimum atomic E-state index is 0.0130. The Morgan fingerprint density at radius 1 is 1.69 bits per heavy atom. The lowest BCUT2D eigenvalue weighted by Crippen LogP contribution is -2.29. The quantitative estimate of drug-likeness (QED) is 0.618. The number of nitrogens with two attached hydrogens (primary N) is 1. The van der Waals surface area contributed by atoms with E-state index in [0.29, 0.717) is 13.1 Å². The van der Waals surface area contributed by atoms with Crippen molar-refractivity contribution in [2.45, 2.75) is 6.04 Å². The van der Waals surface area contributed by atoms with Gasteiger partial charge in [0.1, 0.15) is 6.33 Å². The summed E-state index contributed by atoms with van der Waals surface area (Å²) >= 11 is 0. The predicted octanol–water partition coefficient (Wildman–Crippen LogP) is -0.301. The molecule has 1 atom stereocenters. The van der Waals surface area contributed by atoms with Crippen molar-refractivity contribution in [3.05, 3.63) is 24.3 Å². The van der Waals surface area contributed by atoms with Gasteiger partial charge in [-0.3, -0.25) is 5.32 Å². The molecule has 0 radical (unpaired) electrons. The van der Waals surface area contributed by atoms with Crippen LogP contribution in [-0.2, 0) is 0 Å². The van der Waals surface area contributed by atoms with E-state index in [2.05, 4.69) is 21.2 Å². The predicted molar refractivity (Wildman–Crippen MR) is 50.7 cm³/mol. The molecule has 0 saturated heterocycles. The lowest BCUT2D eigenvalue weighted by molar-refractivity contribution is 0.566. The fourth-order valence-electron chi connectivity index (χ4n) is 0.998. The fraction of sp³-hybridized carbons (Fsp3) is 0.333. The standard InChI is InChI=1S/C9H12N4/c1-2-4-12-9(6-10)8-3-5-11-7-13-8/h1,3,5,7,9,12H,4,6,10H2. The van der Waals surface area contributed by atoms with E-state index in [-0.39, 0.29) is 6.04 Å². The van der Waals surface area contributed by atoms with Gasteiger partial charge in [0.2, 0.25) is 0 Å². The molecule has 0 spiro atoms. The topological polar surface area (TPSA) is 63.8 Å². The van der Waals surface area contributed by atoms with Crippen molar-refractivity contribution in [1.29, 1.82) is 0 Å². The van der Waals surface area contributed by atoms with E-state index in [9.17, 15) is 0 Å². The number of aromatic nitrogens is 2. The summed E-state index contributed by atoms with van der Waals surface area (Å²) in [6, 6.07) is 1.83. The van der Waals surface area contributed by atoms with Gasteiger partial charge >= 0.3 is 0 Å². The Morgan fingerprint density at radius 2 is 2.54 bits per heavy atom. The van der Waals surface area contributed by atoms with Gasteiger partial charge in [-0.25, -0.2) is 9.97 Å². The lowest BCUT2D eigenvalue weighted by Gasteiger charge is -2.13. The Hall–Kier alpha value is -1.44. The molecule has 13 heavy (non-hydrogen) atoms. The highest BCUT2D eigenvalue weighted by molar-refractivity contribution is 5.06. The molecule has 0 aromatic carbocycles. The van der Waals surface area contributed by atoms with Crippen molar-refractivity contribution in [1.82, 2.24) is 15.3 Å². The van der Waals surface area contributed by atoms with Crippen LogP contribution in [0.1, 0.15) is 11.7 Å². The molecule has 3 N–H and O–H groups in total. The second-order valence-corrected chi connectivity index (χ2v) is 2.51. The van der Waals surface area contributed by atoms with Crippen LogP contribution in [0.25, 0.3) is 0 Å². The highest BCUT2D eigenvalue weighted by Gasteiger charge is 2.08. The Bertz CT molecular complexity index is 277. The molecule has 1 aromatic heterocycles. The van der Waals surface area contributed by atoms with Crippen LogP contribution in [0.15, 0.2) is 18.6 Å². The van der Waals surface area contributed by atoms with Crippen molar-refractivity contribution in [3.63, 3.8) is 0 Å². The van der Waals surface area contributed by atoms with Crippen LogP contribution in [0.4, 0.5) is 0 Å². The normalized spacial score (nSPS) is 12.0. The molecule has 1 rings (SSSR count). The molecule has 0 saturated carbocycles. The Labute approximate surface area is 77.6 Å². The van der Waals surface area contributed by atoms with E-state index in [1.165, 1.54) is 6.33 Å². The van der Waals surface area contributed by atoms with Gasteiger partial charge in [0.25, 0.3) is 0 Å². The SMILES string of the molecule is C#CCNC(CN)c1ccncn1. The Kier molecular flexibility index (Phi) is 3.89. The van der Waals surface area contributed by atoms with Gasteiger partial charge in [0.15, 0.2) is 0 Å². The first-order chi connectivity index (χ1) is 6.38. The molecular formula is C9H12N4. The van der Waals surface area contributed by atoms with Gasteiger partial charge in [0, 0.05) is 12.7 Å². The summed E-state index contributed by atoms with van der Waals surface area (Å²) in [5, 5.41) is 3.08. The minimum absolute atomic E-state index is 0.0130. The van der Waals surface area contributed by atoms with Crippen molar-refractivity contribution >= 4 is 0 Å². The number of rotatable bonds is 4.